The van der Waals surface area contributed by atoms with Crippen LogP contribution in [0.1, 0.15) is 43.7 Å². The lowest BCUT2D eigenvalue weighted by Gasteiger charge is -2.14. The number of hydrogen-bond donors (Lipinski definition) is 1. The smallest absolute Gasteiger partial charge is 0.253 e. The van der Waals surface area contributed by atoms with E-state index in [4.69, 9.17) is 9.15 Å². The Morgan fingerprint density at radius 3 is 2.90 bits per heavy atom. The molecule has 108 valence electrons. The summed E-state index contributed by atoms with van der Waals surface area (Å²) >= 11 is 0. The van der Waals surface area contributed by atoms with Gasteiger partial charge in [-0.3, -0.25) is 0 Å². The van der Waals surface area contributed by atoms with Gasteiger partial charge in [0.05, 0.1) is 0 Å². The highest BCUT2D eigenvalue weighted by molar-refractivity contribution is 5.30. The topological polar surface area (TPSA) is 60.2 Å². The number of benzene rings is 1. The predicted molar refractivity (Wildman–Crippen MR) is 76.5 cm³/mol. The van der Waals surface area contributed by atoms with Gasteiger partial charge in [0, 0.05) is 13.0 Å². The number of aromatic nitrogens is 2. The van der Waals surface area contributed by atoms with Crippen molar-refractivity contribution < 1.29 is 9.15 Å². The minimum absolute atomic E-state index is 0.293. The van der Waals surface area contributed by atoms with Crippen molar-refractivity contribution in [3.8, 4) is 5.75 Å². The first-order valence-corrected chi connectivity index (χ1v) is 6.94. The number of hydrogen-bond acceptors (Lipinski definition) is 5. The third kappa shape index (κ3) is 4.06. The van der Waals surface area contributed by atoms with E-state index < -0.39 is 0 Å². The molecule has 20 heavy (non-hydrogen) atoms. The summed E-state index contributed by atoms with van der Waals surface area (Å²) in [4.78, 5) is 0. The summed E-state index contributed by atoms with van der Waals surface area (Å²) in [7, 11) is 0. The first kappa shape index (κ1) is 14.5. The van der Waals surface area contributed by atoms with Gasteiger partial charge in [-0.05, 0) is 37.6 Å². The molecule has 1 unspecified atom stereocenters. The van der Waals surface area contributed by atoms with Crippen LogP contribution in [0.4, 0.5) is 0 Å². The number of aryl methyl sites for hydroxylation is 1. The Balaban J connectivity index is 1.95. The second-order valence-electron chi connectivity index (χ2n) is 4.75. The van der Waals surface area contributed by atoms with E-state index in [1.807, 2.05) is 18.2 Å². The maximum atomic E-state index is 5.68. The van der Waals surface area contributed by atoms with Crippen molar-refractivity contribution >= 4 is 0 Å². The third-order valence-electron chi connectivity index (χ3n) is 2.99. The molecule has 1 aromatic carbocycles. The van der Waals surface area contributed by atoms with Crippen LogP contribution in [0, 0.1) is 6.92 Å². The number of nitrogens with one attached hydrogen (secondary N) is 1. The fourth-order valence-corrected chi connectivity index (χ4v) is 1.89. The van der Waals surface area contributed by atoms with Gasteiger partial charge in [0.15, 0.2) is 6.61 Å². The van der Waals surface area contributed by atoms with E-state index in [9.17, 15) is 0 Å². The van der Waals surface area contributed by atoms with Crippen LogP contribution in [0.25, 0.3) is 0 Å². The van der Waals surface area contributed by atoms with Gasteiger partial charge in [-0.15, -0.1) is 10.2 Å². The Kier molecular flexibility index (Phi) is 5.12. The Labute approximate surface area is 119 Å². The van der Waals surface area contributed by atoms with Crippen LogP contribution in [-0.2, 0) is 6.61 Å². The molecule has 1 N–H and O–H groups in total. The molecule has 1 aromatic heterocycles. The first-order chi connectivity index (χ1) is 9.69. The predicted octanol–water partition coefficient (Wildman–Crippen LogP) is 3.02. The second kappa shape index (κ2) is 7.05. The molecule has 0 amide bonds. The summed E-state index contributed by atoms with van der Waals surface area (Å²) < 4.78 is 11.0. The highest BCUT2D eigenvalue weighted by Crippen LogP contribution is 2.20. The Bertz CT molecular complexity index is 539. The largest absolute Gasteiger partial charge is 0.484 e. The monoisotopic (exact) mass is 275 g/mol. The fraction of sp³-hybridized carbons (Fsp3) is 0.467. The quantitative estimate of drug-likeness (QED) is 0.841. The maximum Gasteiger partial charge on any atom is 0.253 e. The summed E-state index contributed by atoms with van der Waals surface area (Å²) in [5.74, 6) is 1.85. The highest BCUT2D eigenvalue weighted by atomic mass is 16.5. The number of ether oxygens (including phenoxy) is 1. The molecule has 1 atom stereocenters. The third-order valence-corrected chi connectivity index (χ3v) is 2.99. The normalized spacial score (nSPS) is 12.3. The zero-order chi connectivity index (χ0) is 14.4. The molecule has 0 aliphatic carbocycles. The van der Waals surface area contributed by atoms with E-state index in [1.165, 1.54) is 5.56 Å². The molecular formula is C15H21N3O2. The van der Waals surface area contributed by atoms with E-state index in [2.05, 4.69) is 35.4 Å². The van der Waals surface area contributed by atoms with E-state index in [0.717, 1.165) is 18.7 Å². The maximum absolute atomic E-state index is 5.68. The molecule has 0 saturated heterocycles. The summed E-state index contributed by atoms with van der Waals surface area (Å²) in [5.41, 5.74) is 1.21. The van der Waals surface area contributed by atoms with Crippen LogP contribution in [0.15, 0.2) is 28.7 Å². The Morgan fingerprint density at radius 2 is 2.20 bits per heavy atom. The number of rotatable bonds is 7. The molecule has 2 aromatic rings. The van der Waals surface area contributed by atoms with E-state index in [1.54, 1.807) is 6.92 Å². The summed E-state index contributed by atoms with van der Waals surface area (Å²) in [6.45, 7) is 7.37. The van der Waals surface area contributed by atoms with Gasteiger partial charge < -0.3 is 14.5 Å². The van der Waals surface area contributed by atoms with Crippen LogP contribution in [0.5, 0.6) is 5.75 Å². The van der Waals surface area contributed by atoms with Crippen molar-refractivity contribution in [2.75, 3.05) is 6.54 Å². The number of nitrogens with zero attached hydrogens (tertiary/aromatic N) is 2. The first-order valence-electron chi connectivity index (χ1n) is 6.94. The van der Waals surface area contributed by atoms with E-state index in [-0.39, 0.29) is 0 Å². The molecule has 5 nitrogen and oxygen atoms in total. The van der Waals surface area contributed by atoms with Crippen LogP contribution < -0.4 is 10.1 Å². The average molecular weight is 275 g/mol. The van der Waals surface area contributed by atoms with Crippen LogP contribution in [-0.4, -0.2) is 16.7 Å². The van der Waals surface area contributed by atoms with Crippen molar-refractivity contribution in [2.24, 2.45) is 0 Å². The highest BCUT2D eigenvalue weighted by Gasteiger charge is 2.07. The molecule has 0 aliphatic heterocycles. The minimum Gasteiger partial charge on any atom is -0.484 e. The molecule has 0 fully saturated rings. The van der Waals surface area contributed by atoms with Crippen molar-refractivity contribution in [3.05, 3.63) is 41.6 Å². The molecule has 2 rings (SSSR count). The summed E-state index contributed by atoms with van der Waals surface area (Å²) in [6.07, 6.45) is 1.12. The SMILES string of the molecule is CCCNC(C)c1cccc(OCc2nnc(C)o2)c1. The van der Waals surface area contributed by atoms with Gasteiger partial charge in [-0.1, -0.05) is 19.1 Å². The van der Waals surface area contributed by atoms with E-state index in [0.29, 0.717) is 24.4 Å². The molecule has 1 heterocycles. The zero-order valence-corrected chi connectivity index (χ0v) is 12.2. The van der Waals surface area contributed by atoms with Gasteiger partial charge in [0.2, 0.25) is 5.89 Å². The molecule has 0 radical (unpaired) electrons. The molecule has 0 bridgehead atoms. The summed E-state index contributed by atoms with van der Waals surface area (Å²) in [5, 5.41) is 11.1. The minimum atomic E-state index is 0.293. The van der Waals surface area contributed by atoms with Crippen LogP contribution in [0.2, 0.25) is 0 Å². The van der Waals surface area contributed by atoms with Gasteiger partial charge >= 0.3 is 0 Å². The van der Waals surface area contributed by atoms with Crippen molar-refractivity contribution in [3.63, 3.8) is 0 Å². The molecule has 0 aliphatic rings. The lowest BCUT2D eigenvalue weighted by molar-refractivity contribution is 0.260. The standard InChI is InChI=1S/C15H21N3O2/c1-4-8-16-11(2)13-6-5-7-14(9-13)19-10-15-18-17-12(3)20-15/h5-7,9,11,16H,4,8,10H2,1-3H3. The van der Waals surface area contributed by atoms with Gasteiger partial charge in [0.25, 0.3) is 5.89 Å². The molecule has 5 heteroatoms. The van der Waals surface area contributed by atoms with Crippen molar-refractivity contribution in [2.45, 2.75) is 39.8 Å². The van der Waals surface area contributed by atoms with Crippen LogP contribution in [0.3, 0.4) is 0 Å². The fourth-order valence-electron chi connectivity index (χ4n) is 1.89. The van der Waals surface area contributed by atoms with Crippen molar-refractivity contribution in [1.29, 1.82) is 0 Å². The van der Waals surface area contributed by atoms with Gasteiger partial charge in [-0.2, -0.15) is 0 Å². The second-order valence-corrected chi connectivity index (χ2v) is 4.75. The Morgan fingerprint density at radius 1 is 1.35 bits per heavy atom. The molecular weight excluding hydrogens is 254 g/mol. The van der Waals surface area contributed by atoms with Crippen LogP contribution >= 0.6 is 0 Å². The molecule has 0 spiro atoms. The lowest BCUT2D eigenvalue weighted by Crippen LogP contribution is -2.19. The lowest BCUT2D eigenvalue weighted by atomic mass is 10.1. The Hall–Kier alpha value is -1.88. The average Bonchev–Trinajstić information content (AvgIpc) is 2.88. The summed E-state index contributed by atoms with van der Waals surface area (Å²) in [6, 6.07) is 8.37. The van der Waals surface area contributed by atoms with Crippen molar-refractivity contribution in [1.82, 2.24) is 15.5 Å². The van der Waals surface area contributed by atoms with Gasteiger partial charge in [-0.25, -0.2) is 0 Å². The van der Waals surface area contributed by atoms with E-state index >= 15 is 0 Å². The zero-order valence-electron chi connectivity index (χ0n) is 12.2. The molecule has 0 saturated carbocycles. The van der Waals surface area contributed by atoms with Gasteiger partial charge in [0.1, 0.15) is 5.75 Å².